The predicted octanol–water partition coefficient (Wildman–Crippen LogP) is 2.52. The highest BCUT2D eigenvalue weighted by molar-refractivity contribution is 5.77. The molecule has 5 heteroatoms. The Morgan fingerprint density at radius 2 is 1.74 bits per heavy atom. The van der Waals surface area contributed by atoms with Crippen molar-refractivity contribution in [3.63, 3.8) is 0 Å². The van der Waals surface area contributed by atoms with Crippen LogP contribution in [0.3, 0.4) is 0 Å². The highest BCUT2D eigenvalue weighted by Crippen LogP contribution is 2.19. The molecule has 0 unspecified atom stereocenters. The van der Waals surface area contributed by atoms with Crippen molar-refractivity contribution in [1.29, 1.82) is 0 Å². The summed E-state index contributed by atoms with van der Waals surface area (Å²) in [7, 11) is 0. The minimum Gasteiger partial charge on any atom is -0.381 e. The van der Waals surface area contributed by atoms with Gasteiger partial charge in [0.2, 0.25) is 0 Å². The van der Waals surface area contributed by atoms with E-state index in [1.165, 1.54) is 0 Å². The van der Waals surface area contributed by atoms with Crippen molar-refractivity contribution in [2.45, 2.75) is 19.8 Å². The molecule has 0 radical (unpaired) electrons. The standard InChI is InChI=1S/C14H15N5/c1-9(2)10-7-8-19(18-10)14-13(15)16-11-5-3-4-6-12(11)17-14/h3-9H,1-2H3,(H2,15,16). The molecule has 0 saturated heterocycles. The zero-order valence-electron chi connectivity index (χ0n) is 10.9. The van der Waals surface area contributed by atoms with Crippen LogP contribution in [0.2, 0.25) is 0 Å². The molecule has 0 aliphatic rings. The van der Waals surface area contributed by atoms with E-state index in [9.17, 15) is 0 Å². The third kappa shape index (κ3) is 2.03. The summed E-state index contributed by atoms with van der Waals surface area (Å²) in [5, 5.41) is 4.48. The molecule has 0 amide bonds. The summed E-state index contributed by atoms with van der Waals surface area (Å²) in [6, 6.07) is 9.63. The maximum atomic E-state index is 5.97. The van der Waals surface area contributed by atoms with Gasteiger partial charge in [0.05, 0.1) is 16.7 Å². The molecule has 2 aromatic heterocycles. The number of aromatic nitrogens is 4. The quantitative estimate of drug-likeness (QED) is 0.761. The second-order valence-electron chi connectivity index (χ2n) is 4.76. The van der Waals surface area contributed by atoms with Gasteiger partial charge in [-0.2, -0.15) is 5.10 Å². The molecular formula is C14H15N5. The largest absolute Gasteiger partial charge is 0.381 e. The molecule has 2 N–H and O–H groups in total. The Balaban J connectivity index is 2.15. The minimum absolute atomic E-state index is 0.371. The van der Waals surface area contributed by atoms with Crippen LogP contribution in [0.4, 0.5) is 5.82 Å². The van der Waals surface area contributed by atoms with Crippen molar-refractivity contribution < 1.29 is 0 Å². The van der Waals surface area contributed by atoms with Crippen molar-refractivity contribution in [3.8, 4) is 5.82 Å². The summed E-state index contributed by atoms with van der Waals surface area (Å²) in [6.07, 6.45) is 1.87. The number of hydrogen-bond donors (Lipinski definition) is 1. The normalized spacial score (nSPS) is 11.3. The second-order valence-corrected chi connectivity index (χ2v) is 4.76. The highest BCUT2D eigenvalue weighted by atomic mass is 15.3. The Morgan fingerprint density at radius 1 is 1.05 bits per heavy atom. The molecule has 5 nitrogen and oxygen atoms in total. The molecule has 96 valence electrons. The molecule has 3 rings (SSSR count). The molecule has 0 bridgehead atoms. The molecule has 0 fully saturated rings. The number of anilines is 1. The minimum atomic E-state index is 0.371. The van der Waals surface area contributed by atoms with Crippen molar-refractivity contribution in [2.24, 2.45) is 0 Å². The maximum Gasteiger partial charge on any atom is 0.196 e. The predicted molar refractivity (Wildman–Crippen MR) is 75.2 cm³/mol. The van der Waals surface area contributed by atoms with Crippen LogP contribution >= 0.6 is 0 Å². The summed E-state index contributed by atoms with van der Waals surface area (Å²) >= 11 is 0. The van der Waals surface area contributed by atoms with Gasteiger partial charge in [0.1, 0.15) is 0 Å². The van der Waals surface area contributed by atoms with Crippen LogP contribution < -0.4 is 5.73 Å². The zero-order chi connectivity index (χ0) is 13.4. The Labute approximate surface area is 111 Å². The maximum absolute atomic E-state index is 5.97. The zero-order valence-corrected chi connectivity index (χ0v) is 10.9. The van der Waals surface area contributed by atoms with Gasteiger partial charge in [0.15, 0.2) is 11.6 Å². The van der Waals surface area contributed by atoms with E-state index in [0.29, 0.717) is 17.6 Å². The highest BCUT2D eigenvalue weighted by Gasteiger charge is 2.10. The average molecular weight is 253 g/mol. The number of nitrogen functional groups attached to an aromatic ring is 1. The first kappa shape index (κ1) is 11.6. The van der Waals surface area contributed by atoms with Crippen LogP contribution in [0.1, 0.15) is 25.5 Å². The van der Waals surface area contributed by atoms with Gasteiger partial charge in [0.25, 0.3) is 0 Å². The van der Waals surface area contributed by atoms with Crippen LogP contribution in [0, 0.1) is 0 Å². The fourth-order valence-electron chi connectivity index (χ4n) is 1.94. The van der Waals surface area contributed by atoms with Crippen molar-refractivity contribution >= 4 is 16.9 Å². The van der Waals surface area contributed by atoms with Gasteiger partial charge in [-0.05, 0) is 24.1 Å². The van der Waals surface area contributed by atoms with Gasteiger partial charge in [-0.1, -0.05) is 26.0 Å². The van der Waals surface area contributed by atoms with Crippen LogP contribution in [-0.2, 0) is 0 Å². The first-order valence-corrected chi connectivity index (χ1v) is 6.23. The third-order valence-corrected chi connectivity index (χ3v) is 3.00. The lowest BCUT2D eigenvalue weighted by Gasteiger charge is -2.06. The average Bonchev–Trinajstić information content (AvgIpc) is 2.87. The Morgan fingerprint density at radius 3 is 2.37 bits per heavy atom. The summed E-state index contributed by atoms with van der Waals surface area (Å²) in [5.41, 5.74) is 8.58. The van der Waals surface area contributed by atoms with Crippen LogP contribution in [0.25, 0.3) is 16.9 Å². The number of benzene rings is 1. The van der Waals surface area contributed by atoms with Gasteiger partial charge in [-0.25, -0.2) is 14.6 Å². The molecule has 0 atom stereocenters. The van der Waals surface area contributed by atoms with Gasteiger partial charge in [-0.3, -0.25) is 0 Å². The number of nitrogens with zero attached hydrogens (tertiary/aromatic N) is 4. The van der Waals surface area contributed by atoms with E-state index in [0.717, 1.165) is 16.7 Å². The molecular weight excluding hydrogens is 238 g/mol. The summed E-state index contributed by atoms with van der Waals surface area (Å²) in [6.45, 7) is 4.20. The molecule has 0 aliphatic heterocycles. The summed E-state index contributed by atoms with van der Waals surface area (Å²) in [4.78, 5) is 8.89. The Hall–Kier alpha value is -2.43. The van der Waals surface area contributed by atoms with E-state index in [4.69, 9.17) is 5.73 Å². The van der Waals surface area contributed by atoms with Gasteiger partial charge < -0.3 is 5.73 Å². The van der Waals surface area contributed by atoms with E-state index >= 15 is 0 Å². The van der Waals surface area contributed by atoms with Crippen molar-refractivity contribution in [3.05, 3.63) is 42.2 Å². The molecule has 0 saturated carbocycles. The molecule has 2 heterocycles. The van der Waals surface area contributed by atoms with E-state index in [1.54, 1.807) is 4.68 Å². The first-order chi connectivity index (χ1) is 9.15. The van der Waals surface area contributed by atoms with Crippen LogP contribution in [0.5, 0.6) is 0 Å². The molecule has 0 aliphatic carbocycles. The molecule has 1 aromatic carbocycles. The molecule has 0 spiro atoms. The number of rotatable bonds is 2. The van der Waals surface area contributed by atoms with Gasteiger partial charge in [-0.15, -0.1) is 0 Å². The van der Waals surface area contributed by atoms with Gasteiger partial charge >= 0.3 is 0 Å². The van der Waals surface area contributed by atoms with Crippen molar-refractivity contribution in [2.75, 3.05) is 5.73 Å². The van der Waals surface area contributed by atoms with Crippen molar-refractivity contribution in [1.82, 2.24) is 19.7 Å². The van der Waals surface area contributed by atoms with Gasteiger partial charge in [0, 0.05) is 6.20 Å². The summed E-state index contributed by atoms with van der Waals surface area (Å²) in [5.74, 6) is 1.33. The van der Waals surface area contributed by atoms with E-state index in [-0.39, 0.29) is 0 Å². The van der Waals surface area contributed by atoms with Crippen LogP contribution in [0.15, 0.2) is 36.5 Å². The molecule has 3 aromatic rings. The first-order valence-electron chi connectivity index (χ1n) is 6.23. The van der Waals surface area contributed by atoms with E-state index in [2.05, 4.69) is 28.9 Å². The smallest absolute Gasteiger partial charge is 0.196 e. The lowest BCUT2D eigenvalue weighted by molar-refractivity contribution is 0.759. The third-order valence-electron chi connectivity index (χ3n) is 3.00. The molecule has 19 heavy (non-hydrogen) atoms. The Bertz CT molecular complexity index is 730. The second kappa shape index (κ2) is 4.35. The number of fused-ring (bicyclic) bond motifs is 1. The van der Waals surface area contributed by atoms with Crippen LogP contribution in [-0.4, -0.2) is 19.7 Å². The fourth-order valence-corrected chi connectivity index (χ4v) is 1.94. The lowest BCUT2D eigenvalue weighted by Crippen LogP contribution is -2.06. The topological polar surface area (TPSA) is 69.6 Å². The summed E-state index contributed by atoms with van der Waals surface area (Å²) < 4.78 is 1.68. The lowest BCUT2D eigenvalue weighted by atomic mass is 10.1. The number of hydrogen-bond acceptors (Lipinski definition) is 4. The van der Waals surface area contributed by atoms with E-state index in [1.807, 2.05) is 36.5 Å². The number of nitrogens with two attached hydrogens (primary N) is 1. The monoisotopic (exact) mass is 253 g/mol. The SMILES string of the molecule is CC(C)c1ccn(-c2nc3ccccc3nc2N)n1. The van der Waals surface area contributed by atoms with E-state index < -0.39 is 0 Å². The number of para-hydroxylation sites is 2. The fraction of sp³-hybridized carbons (Fsp3) is 0.214. The Kier molecular flexibility index (Phi) is 2.67.